The van der Waals surface area contributed by atoms with E-state index in [0.29, 0.717) is 16.7 Å². The van der Waals surface area contributed by atoms with Gasteiger partial charge >= 0.3 is 6.18 Å². The summed E-state index contributed by atoms with van der Waals surface area (Å²) in [6, 6.07) is 7.85. The van der Waals surface area contributed by atoms with Crippen molar-refractivity contribution in [2.45, 2.75) is 31.6 Å². The maximum Gasteiger partial charge on any atom is 0.433 e. The van der Waals surface area contributed by atoms with Gasteiger partial charge < -0.3 is 9.42 Å². The summed E-state index contributed by atoms with van der Waals surface area (Å²) < 4.78 is 44.5. The number of nitrogens with one attached hydrogen (secondary N) is 1. The van der Waals surface area contributed by atoms with Crippen molar-refractivity contribution in [1.29, 1.82) is 0 Å². The molecule has 0 radical (unpaired) electrons. The SMILES string of the molecule is CN(Cc1nc(-c2cccc(-c3ccnc(C(F)(F)F)c3)c2)no1)C1=CC(=O)N(C2CCC(=O)NC2=O)C1=O. The van der Waals surface area contributed by atoms with E-state index in [9.17, 15) is 32.3 Å². The summed E-state index contributed by atoms with van der Waals surface area (Å²) in [6.45, 7) is -0.0555. The van der Waals surface area contributed by atoms with E-state index in [0.717, 1.165) is 23.2 Å². The van der Waals surface area contributed by atoms with Gasteiger partial charge in [0.15, 0.2) is 0 Å². The highest BCUT2D eigenvalue weighted by molar-refractivity contribution is 6.18. The molecule has 2 aliphatic heterocycles. The lowest BCUT2D eigenvalue weighted by Crippen LogP contribution is -2.54. The Kier molecular flexibility index (Phi) is 6.46. The van der Waals surface area contributed by atoms with E-state index in [1.807, 2.05) is 0 Å². The summed E-state index contributed by atoms with van der Waals surface area (Å²) in [7, 11) is 1.52. The predicted molar refractivity (Wildman–Crippen MR) is 126 cm³/mol. The number of nitrogens with zero attached hydrogens (tertiary/aromatic N) is 5. The minimum Gasteiger partial charge on any atom is -0.361 e. The number of amides is 4. The van der Waals surface area contributed by atoms with E-state index in [1.54, 1.807) is 24.3 Å². The third-order valence-corrected chi connectivity index (χ3v) is 6.21. The lowest BCUT2D eigenvalue weighted by molar-refractivity contribution is -0.150. The summed E-state index contributed by atoms with van der Waals surface area (Å²) in [6.07, 6.45) is -2.36. The largest absolute Gasteiger partial charge is 0.433 e. The van der Waals surface area contributed by atoms with Crippen molar-refractivity contribution >= 4 is 23.6 Å². The normalized spacial score (nSPS) is 17.9. The molecule has 200 valence electrons. The lowest BCUT2D eigenvalue weighted by atomic mass is 10.0. The molecule has 1 saturated heterocycles. The number of carbonyl (C=O) groups is 4. The molecule has 11 nitrogen and oxygen atoms in total. The fourth-order valence-corrected chi connectivity index (χ4v) is 4.30. The van der Waals surface area contributed by atoms with Crippen LogP contribution >= 0.6 is 0 Å². The van der Waals surface area contributed by atoms with Crippen molar-refractivity contribution in [3.63, 3.8) is 0 Å². The maximum absolute atomic E-state index is 13.1. The molecule has 1 N–H and O–H groups in total. The molecule has 14 heteroatoms. The first-order valence-corrected chi connectivity index (χ1v) is 11.6. The Balaban J connectivity index is 1.30. The molecule has 5 rings (SSSR count). The van der Waals surface area contributed by atoms with Crippen LogP contribution in [0.5, 0.6) is 0 Å². The van der Waals surface area contributed by atoms with Crippen molar-refractivity contribution in [2.24, 2.45) is 0 Å². The minimum atomic E-state index is -4.58. The Morgan fingerprint density at radius 2 is 1.85 bits per heavy atom. The Bertz CT molecular complexity index is 1530. The van der Waals surface area contributed by atoms with E-state index in [-0.39, 0.29) is 36.8 Å². The molecule has 2 aliphatic rings. The van der Waals surface area contributed by atoms with Crippen LogP contribution in [0.1, 0.15) is 24.4 Å². The summed E-state index contributed by atoms with van der Waals surface area (Å²) in [4.78, 5) is 58.9. The van der Waals surface area contributed by atoms with Crippen molar-refractivity contribution in [3.8, 4) is 22.5 Å². The molecule has 3 aromatic rings. The molecule has 4 amide bonds. The number of alkyl halides is 3. The highest BCUT2D eigenvalue weighted by atomic mass is 19.4. The molecule has 1 fully saturated rings. The van der Waals surface area contributed by atoms with Gasteiger partial charge in [-0.25, -0.2) is 0 Å². The van der Waals surface area contributed by atoms with Crippen LogP contribution in [0.2, 0.25) is 0 Å². The number of imide groups is 2. The molecule has 1 atom stereocenters. The minimum absolute atomic E-state index is 0.00426. The molecule has 1 unspecified atom stereocenters. The van der Waals surface area contributed by atoms with E-state index >= 15 is 0 Å². The van der Waals surface area contributed by atoms with Gasteiger partial charge in [-0.2, -0.15) is 18.2 Å². The zero-order valence-electron chi connectivity index (χ0n) is 20.2. The van der Waals surface area contributed by atoms with Crippen LogP contribution in [-0.4, -0.2) is 61.6 Å². The van der Waals surface area contributed by atoms with Crippen LogP contribution in [0.4, 0.5) is 13.2 Å². The Morgan fingerprint density at radius 3 is 2.59 bits per heavy atom. The van der Waals surface area contributed by atoms with E-state index in [2.05, 4.69) is 20.4 Å². The number of rotatable bonds is 6. The smallest absolute Gasteiger partial charge is 0.361 e. The quantitative estimate of drug-likeness (QED) is 0.467. The Hall–Kier alpha value is -4.88. The van der Waals surface area contributed by atoms with Crippen LogP contribution in [0, 0.1) is 0 Å². The lowest BCUT2D eigenvalue weighted by Gasteiger charge is -2.29. The number of aromatic nitrogens is 3. The van der Waals surface area contributed by atoms with Crippen LogP contribution in [0.3, 0.4) is 0 Å². The van der Waals surface area contributed by atoms with Gasteiger partial charge in [0.25, 0.3) is 11.8 Å². The van der Waals surface area contributed by atoms with Crippen molar-refractivity contribution < 1.29 is 36.9 Å². The average molecular weight is 540 g/mol. The molecule has 4 heterocycles. The van der Waals surface area contributed by atoms with Crippen LogP contribution in [0.25, 0.3) is 22.5 Å². The summed E-state index contributed by atoms with van der Waals surface area (Å²) >= 11 is 0. The summed E-state index contributed by atoms with van der Waals surface area (Å²) in [5.41, 5.74) is 0.258. The molecule has 2 aromatic heterocycles. The fraction of sp³-hybridized carbons (Fsp3) is 0.240. The van der Waals surface area contributed by atoms with Gasteiger partial charge in [-0.3, -0.25) is 34.4 Å². The second kappa shape index (κ2) is 9.78. The predicted octanol–water partition coefficient (Wildman–Crippen LogP) is 2.31. The van der Waals surface area contributed by atoms with Crippen LogP contribution in [0.15, 0.2) is 58.9 Å². The molecule has 0 saturated carbocycles. The van der Waals surface area contributed by atoms with Gasteiger partial charge in [0.05, 0.1) is 6.54 Å². The van der Waals surface area contributed by atoms with E-state index in [1.165, 1.54) is 18.0 Å². The number of pyridine rings is 1. The van der Waals surface area contributed by atoms with Crippen LogP contribution < -0.4 is 5.32 Å². The molecular formula is C25H19F3N6O5. The molecule has 0 spiro atoms. The molecular weight excluding hydrogens is 521 g/mol. The van der Waals surface area contributed by atoms with Gasteiger partial charge in [-0.1, -0.05) is 23.4 Å². The number of benzene rings is 1. The fourth-order valence-electron chi connectivity index (χ4n) is 4.30. The summed E-state index contributed by atoms with van der Waals surface area (Å²) in [5, 5.41) is 6.05. The first-order valence-electron chi connectivity index (χ1n) is 11.6. The van der Waals surface area contributed by atoms with Gasteiger partial charge in [-0.05, 0) is 35.7 Å². The number of hydrogen-bond donors (Lipinski definition) is 1. The highest BCUT2D eigenvalue weighted by Crippen LogP contribution is 2.32. The number of likely N-dealkylation sites (N-methyl/N-ethyl adjacent to an activating group) is 1. The molecule has 1 aromatic carbocycles. The van der Waals surface area contributed by atoms with Gasteiger partial charge in [-0.15, -0.1) is 0 Å². The highest BCUT2D eigenvalue weighted by Gasteiger charge is 2.43. The second-order valence-electron chi connectivity index (χ2n) is 8.89. The van der Waals surface area contributed by atoms with Gasteiger partial charge in [0.2, 0.25) is 23.5 Å². The average Bonchev–Trinajstić information content (AvgIpc) is 3.48. The second-order valence-corrected chi connectivity index (χ2v) is 8.89. The standard InChI is InChI=1S/C25H19F3N6O5/c1-33(17-11-21(36)34(24(17)38)16-5-6-19(35)30-23(16)37)12-20-31-22(32-39-20)15-4-2-3-13(9-15)14-7-8-29-18(10-14)25(26,27)28/h2-4,7-11,16H,5-6,12H2,1H3,(H,30,35,37). The van der Waals surface area contributed by atoms with Crippen molar-refractivity contribution in [1.82, 2.24) is 30.2 Å². The van der Waals surface area contributed by atoms with E-state index in [4.69, 9.17) is 4.52 Å². The maximum atomic E-state index is 13.1. The zero-order chi connectivity index (χ0) is 27.9. The van der Waals surface area contributed by atoms with Gasteiger partial charge in [0, 0.05) is 31.3 Å². The third-order valence-electron chi connectivity index (χ3n) is 6.21. The number of hydrogen-bond acceptors (Lipinski definition) is 9. The van der Waals surface area contributed by atoms with Crippen LogP contribution in [-0.2, 0) is 31.9 Å². The van der Waals surface area contributed by atoms with Crippen molar-refractivity contribution in [2.75, 3.05) is 7.05 Å². The van der Waals surface area contributed by atoms with Gasteiger partial charge in [0.1, 0.15) is 17.4 Å². The van der Waals surface area contributed by atoms with Crippen molar-refractivity contribution in [3.05, 3.63) is 66.0 Å². The van der Waals surface area contributed by atoms with E-state index < -0.39 is 41.5 Å². The molecule has 0 bridgehead atoms. The third kappa shape index (κ3) is 5.12. The Labute approximate surface area is 218 Å². The monoisotopic (exact) mass is 540 g/mol. The summed E-state index contributed by atoms with van der Waals surface area (Å²) in [5.74, 6) is -2.29. The molecule has 0 aliphatic carbocycles. The topological polar surface area (TPSA) is 139 Å². The first kappa shape index (κ1) is 25.8. The molecule has 39 heavy (non-hydrogen) atoms. The number of halogens is 3. The number of piperidine rings is 1. The zero-order valence-corrected chi connectivity index (χ0v) is 20.2. The number of carbonyl (C=O) groups excluding carboxylic acids is 4. The first-order chi connectivity index (χ1) is 18.5. The Morgan fingerprint density at radius 1 is 1.10 bits per heavy atom.